The third-order valence-corrected chi connectivity index (χ3v) is 3.13. The first-order valence-electron chi connectivity index (χ1n) is 4.51. The smallest absolute Gasteiger partial charge is 0.0340 e. The predicted octanol–water partition coefficient (Wildman–Crippen LogP) is 2.02. The molecule has 2 aliphatic rings. The second-order valence-electron chi connectivity index (χ2n) is 4.15. The molecule has 1 saturated heterocycles. The first-order chi connectivity index (χ1) is 4.75. The molecule has 0 radical (unpaired) electrons. The van der Waals surface area contributed by atoms with Crippen molar-refractivity contribution in [1.82, 2.24) is 4.90 Å². The normalized spacial score (nSPS) is 35.7. The Morgan fingerprint density at radius 1 is 1.20 bits per heavy atom. The first-order valence-corrected chi connectivity index (χ1v) is 4.51. The van der Waals surface area contributed by atoms with Gasteiger partial charge in [0, 0.05) is 18.1 Å². The summed E-state index contributed by atoms with van der Waals surface area (Å²) in [6.07, 6.45) is 5.91. The Labute approximate surface area is 63.4 Å². The molecule has 1 nitrogen and oxygen atoms in total. The highest BCUT2D eigenvalue weighted by Crippen LogP contribution is 2.47. The average molecular weight is 139 g/mol. The van der Waals surface area contributed by atoms with Crippen LogP contribution in [0.15, 0.2) is 0 Å². The van der Waals surface area contributed by atoms with Gasteiger partial charge < -0.3 is 0 Å². The zero-order valence-corrected chi connectivity index (χ0v) is 7.06. The maximum atomic E-state index is 2.65. The summed E-state index contributed by atoms with van der Waals surface area (Å²) in [6, 6.07) is 0.790. The third-order valence-electron chi connectivity index (χ3n) is 3.13. The third kappa shape index (κ3) is 0.800. The SMILES string of the molecule is CC(C)N1CC12CCCC2. The van der Waals surface area contributed by atoms with Gasteiger partial charge >= 0.3 is 0 Å². The lowest BCUT2D eigenvalue weighted by atomic mass is 10.1. The molecular weight excluding hydrogens is 122 g/mol. The highest BCUT2D eigenvalue weighted by molar-refractivity contribution is 5.10. The summed E-state index contributed by atoms with van der Waals surface area (Å²) in [7, 11) is 0. The van der Waals surface area contributed by atoms with Crippen LogP contribution in [0.5, 0.6) is 0 Å². The van der Waals surface area contributed by atoms with Gasteiger partial charge in [-0.25, -0.2) is 0 Å². The second kappa shape index (κ2) is 1.97. The minimum absolute atomic E-state index is 0.716. The van der Waals surface area contributed by atoms with Gasteiger partial charge in [0.15, 0.2) is 0 Å². The number of hydrogen-bond donors (Lipinski definition) is 0. The predicted molar refractivity (Wildman–Crippen MR) is 43.0 cm³/mol. The van der Waals surface area contributed by atoms with Crippen molar-refractivity contribution in [2.75, 3.05) is 6.54 Å². The fourth-order valence-corrected chi connectivity index (χ4v) is 2.49. The van der Waals surface area contributed by atoms with E-state index in [2.05, 4.69) is 18.7 Å². The van der Waals surface area contributed by atoms with Crippen LogP contribution in [0.25, 0.3) is 0 Å². The van der Waals surface area contributed by atoms with E-state index in [9.17, 15) is 0 Å². The van der Waals surface area contributed by atoms with Gasteiger partial charge in [-0.15, -0.1) is 0 Å². The van der Waals surface area contributed by atoms with Gasteiger partial charge in [-0.05, 0) is 26.7 Å². The van der Waals surface area contributed by atoms with E-state index in [0.717, 1.165) is 6.04 Å². The van der Waals surface area contributed by atoms with Crippen LogP contribution in [-0.4, -0.2) is 23.0 Å². The van der Waals surface area contributed by atoms with Crippen LogP contribution in [0.2, 0.25) is 0 Å². The molecule has 0 bridgehead atoms. The summed E-state index contributed by atoms with van der Waals surface area (Å²) < 4.78 is 0. The van der Waals surface area contributed by atoms with Crippen LogP contribution in [0.4, 0.5) is 0 Å². The van der Waals surface area contributed by atoms with Crippen molar-refractivity contribution < 1.29 is 0 Å². The molecule has 0 N–H and O–H groups in total. The fraction of sp³-hybridized carbons (Fsp3) is 1.00. The van der Waals surface area contributed by atoms with Crippen molar-refractivity contribution in [2.24, 2.45) is 0 Å². The topological polar surface area (TPSA) is 3.01 Å². The van der Waals surface area contributed by atoms with E-state index in [4.69, 9.17) is 0 Å². The zero-order chi connectivity index (χ0) is 7.19. The van der Waals surface area contributed by atoms with Crippen LogP contribution in [0, 0.1) is 0 Å². The Morgan fingerprint density at radius 3 is 2.20 bits per heavy atom. The summed E-state index contributed by atoms with van der Waals surface area (Å²) in [5, 5.41) is 0. The van der Waals surface area contributed by atoms with Gasteiger partial charge in [-0.2, -0.15) is 0 Å². The standard InChI is InChI=1S/C9H17N/c1-8(2)10-7-9(10)5-3-4-6-9/h8H,3-7H2,1-2H3. The van der Waals surface area contributed by atoms with Gasteiger partial charge in [0.1, 0.15) is 0 Å². The van der Waals surface area contributed by atoms with E-state index < -0.39 is 0 Å². The molecule has 1 aliphatic carbocycles. The van der Waals surface area contributed by atoms with E-state index in [1.165, 1.54) is 32.2 Å². The summed E-state index contributed by atoms with van der Waals surface area (Å²) >= 11 is 0. The highest BCUT2D eigenvalue weighted by Gasteiger charge is 2.53. The Hall–Kier alpha value is -0.0400. The molecular formula is C9H17N. The minimum Gasteiger partial charge on any atom is -0.292 e. The minimum atomic E-state index is 0.716. The molecule has 0 amide bonds. The molecule has 1 spiro atoms. The van der Waals surface area contributed by atoms with E-state index in [0.29, 0.717) is 5.54 Å². The first kappa shape index (κ1) is 6.66. The van der Waals surface area contributed by atoms with E-state index >= 15 is 0 Å². The van der Waals surface area contributed by atoms with Crippen molar-refractivity contribution in [3.63, 3.8) is 0 Å². The van der Waals surface area contributed by atoms with Crippen molar-refractivity contribution in [3.8, 4) is 0 Å². The molecule has 2 fully saturated rings. The molecule has 2 rings (SSSR count). The van der Waals surface area contributed by atoms with Crippen LogP contribution < -0.4 is 0 Å². The summed E-state index contributed by atoms with van der Waals surface area (Å²) in [4.78, 5) is 2.65. The van der Waals surface area contributed by atoms with Crippen molar-refractivity contribution in [3.05, 3.63) is 0 Å². The lowest BCUT2D eigenvalue weighted by Gasteiger charge is -2.12. The van der Waals surface area contributed by atoms with E-state index in [1.54, 1.807) is 0 Å². The monoisotopic (exact) mass is 139 g/mol. The molecule has 58 valence electrons. The largest absolute Gasteiger partial charge is 0.292 e. The summed E-state index contributed by atoms with van der Waals surface area (Å²) in [5.74, 6) is 0. The maximum absolute atomic E-state index is 2.65. The molecule has 0 aromatic heterocycles. The Bertz CT molecular complexity index is 134. The van der Waals surface area contributed by atoms with Gasteiger partial charge in [0.25, 0.3) is 0 Å². The van der Waals surface area contributed by atoms with Crippen LogP contribution in [0.1, 0.15) is 39.5 Å². The van der Waals surface area contributed by atoms with Crippen LogP contribution in [-0.2, 0) is 0 Å². The van der Waals surface area contributed by atoms with E-state index in [-0.39, 0.29) is 0 Å². The average Bonchev–Trinajstić information content (AvgIpc) is 2.32. The highest BCUT2D eigenvalue weighted by atomic mass is 15.4. The molecule has 1 aliphatic heterocycles. The summed E-state index contributed by atoms with van der Waals surface area (Å²) in [5.41, 5.74) is 0.716. The second-order valence-corrected chi connectivity index (χ2v) is 4.15. The molecule has 1 heteroatoms. The van der Waals surface area contributed by atoms with Gasteiger partial charge in [0.2, 0.25) is 0 Å². The lowest BCUT2D eigenvalue weighted by Crippen LogP contribution is -2.19. The number of rotatable bonds is 1. The molecule has 0 aromatic rings. The number of nitrogens with zero attached hydrogens (tertiary/aromatic N) is 1. The van der Waals surface area contributed by atoms with Crippen molar-refractivity contribution in [1.29, 1.82) is 0 Å². The lowest BCUT2D eigenvalue weighted by molar-refractivity contribution is 0.349. The Balaban J connectivity index is 1.97. The molecule has 1 atom stereocenters. The molecule has 1 heterocycles. The van der Waals surface area contributed by atoms with Gasteiger partial charge in [0.05, 0.1) is 0 Å². The van der Waals surface area contributed by atoms with Crippen LogP contribution >= 0.6 is 0 Å². The fourth-order valence-electron chi connectivity index (χ4n) is 2.49. The molecule has 1 unspecified atom stereocenters. The van der Waals surface area contributed by atoms with Crippen molar-refractivity contribution >= 4 is 0 Å². The maximum Gasteiger partial charge on any atom is 0.0340 e. The van der Waals surface area contributed by atoms with Crippen LogP contribution in [0.3, 0.4) is 0 Å². The zero-order valence-electron chi connectivity index (χ0n) is 7.06. The Kier molecular flexibility index (Phi) is 1.31. The molecule has 0 aromatic carbocycles. The van der Waals surface area contributed by atoms with Gasteiger partial charge in [-0.3, -0.25) is 4.90 Å². The molecule has 10 heavy (non-hydrogen) atoms. The van der Waals surface area contributed by atoms with E-state index in [1.807, 2.05) is 0 Å². The van der Waals surface area contributed by atoms with Gasteiger partial charge in [-0.1, -0.05) is 12.8 Å². The molecule has 1 saturated carbocycles. The quantitative estimate of drug-likeness (QED) is 0.502. The Morgan fingerprint density at radius 2 is 1.80 bits per heavy atom. The number of hydrogen-bond acceptors (Lipinski definition) is 1. The summed E-state index contributed by atoms with van der Waals surface area (Å²) in [6.45, 7) is 6.02. The van der Waals surface area contributed by atoms with Crippen molar-refractivity contribution in [2.45, 2.75) is 51.1 Å².